The zero-order valence-corrected chi connectivity index (χ0v) is 13.2. The van der Waals surface area contributed by atoms with E-state index < -0.39 is 0 Å². The van der Waals surface area contributed by atoms with E-state index in [4.69, 9.17) is 4.74 Å². The SMILES string of the molecule is COc1ccccc1NC(=O)Nc1ncccc1C1CCCC1. The van der Waals surface area contributed by atoms with Crippen molar-refractivity contribution >= 4 is 17.5 Å². The van der Waals surface area contributed by atoms with Crippen LogP contribution in [0.5, 0.6) is 5.75 Å². The number of anilines is 2. The Kier molecular flexibility index (Phi) is 4.76. The van der Waals surface area contributed by atoms with Gasteiger partial charge in [-0.1, -0.05) is 31.0 Å². The largest absolute Gasteiger partial charge is 0.495 e. The van der Waals surface area contributed by atoms with Crippen molar-refractivity contribution in [3.63, 3.8) is 0 Å². The van der Waals surface area contributed by atoms with E-state index in [2.05, 4.69) is 21.7 Å². The number of para-hydroxylation sites is 2. The summed E-state index contributed by atoms with van der Waals surface area (Å²) >= 11 is 0. The van der Waals surface area contributed by atoms with E-state index in [1.165, 1.54) is 12.8 Å². The summed E-state index contributed by atoms with van der Waals surface area (Å²) in [5.41, 5.74) is 1.76. The van der Waals surface area contributed by atoms with Crippen molar-refractivity contribution in [3.8, 4) is 5.75 Å². The number of hydrogen-bond acceptors (Lipinski definition) is 3. The number of methoxy groups -OCH3 is 1. The van der Waals surface area contributed by atoms with E-state index in [9.17, 15) is 4.79 Å². The molecule has 120 valence electrons. The molecule has 0 spiro atoms. The van der Waals surface area contributed by atoms with Gasteiger partial charge in [-0.25, -0.2) is 9.78 Å². The Balaban J connectivity index is 1.73. The van der Waals surface area contributed by atoms with Crippen LogP contribution in [0.3, 0.4) is 0 Å². The van der Waals surface area contributed by atoms with E-state index in [0.717, 1.165) is 18.4 Å². The van der Waals surface area contributed by atoms with Gasteiger partial charge in [0.15, 0.2) is 0 Å². The summed E-state index contributed by atoms with van der Waals surface area (Å²) < 4.78 is 5.24. The molecular formula is C18H21N3O2. The number of pyridine rings is 1. The minimum absolute atomic E-state index is 0.313. The zero-order chi connectivity index (χ0) is 16.1. The molecule has 0 radical (unpaired) electrons. The molecule has 5 nitrogen and oxygen atoms in total. The average molecular weight is 311 g/mol. The number of benzene rings is 1. The summed E-state index contributed by atoms with van der Waals surface area (Å²) in [5, 5.41) is 5.68. The fourth-order valence-corrected chi connectivity index (χ4v) is 3.10. The van der Waals surface area contributed by atoms with Gasteiger partial charge in [0.05, 0.1) is 12.8 Å². The van der Waals surface area contributed by atoms with Gasteiger partial charge in [0.2, 0.25) is 0 Å². The Bertz CT molecular complexity index is 681. The summed E-state index contributed by atoms with van der Waals surface area (Å²) in [6, 6.07) is 11.0. The van der Waals surface area contributed by atoms with Crippen LogP contribution in [0, 0.1) is 0 Å². The van der Waals surface area contributed by atoms with Crippen molar-refractivity contribution in [1.82, 2.24) is 4.98 Å². The number of nitrogens with zero attached hydrogens (tertiary/aromatic N) is 1. The van der Waals surface area contributed by atoms with Gasteiger partial charge in [0, 0.05) is 6.20 Å². The molecule has 1 aliphatic carbocycles. The van der Waals surface area contributed by atoms with E-state index in [1.54, 1.807) is 25.4 Å². The lowest BCUT2D eigenvalue weighted by atomic mass is 9.98. The van der Waals surface area contributed by atoms with Gasteiger partial charge >= 0.3 is 6.03 Å². The van der Waals surface area contributed by atoms with Crippen molar-refractivity contribution < 1.29 is 9.53 Å². The molecule has 3 rings (SSSR count). The maximum absolute atomic E-state index is 12.3. The van der Waals surface area contributed by atoms with Crippen molar-refractivity contribution in [1.29, 1.82) is 0 Å². The maximum atomic E-state index is 12.3. The van der Waals surface area contributed by atoms with Crippen molar-refractivity contribution in [2.45, 2.75) is 31.6 Å². The Labute approximate surface area is 136 Å². The van der Waals surface area contributed by atoms with E-state index in [-0.39, 0.29) is 6.03 Å². The van der Waals surface area contributed by atoms with Crippen LogP contribution in [0.2, 0.25) is 0 Å². The second-order valence-electron chi connectivity index (χ2n) is 5.70. The molecule has 0 aliphatic heterocycles. The lowest BCUT2D eigenvalue weighted by Gasteiger charge is -2.15. The van der Waals surface area contributed by atoms with Gasteiger partial charge in [-0.15, -0.1) is 0 Å². The van der Waals surface area contributed by atoms with Crippen LogP contribution < -0.4 is 15.4 Å². The number of urea groups is 1. The molecule has 0 bridgehead atoms. The molecule has 1 heterocycles. The first kappa shape index (κ1) is 15.3. The summed E-state index contributed by atoms with van der Waals surface area (Å²) in [7, 11) is 1.58. The minimum atomic E-state index is -0.313. The number of hydrogen-bond donors (Lipinski definition) is 2. The topological polar surface area (TPSA) is 63.2 Å². The monoisotopic (exact) mass is 311 g/mol. The number of aromatic nitrogens is 1. The van der Waals surface area contributed by atoms with Crippen molar-refractivity contribution in [2.75, 3.05) is 17.7 Å². The quantitative estimate of drug-likeness (QED) is 0.880. The number of carbonyl (C=O) groups excluding carboxylic acids is 1. The first-order valence-corrected chi connectivity index (χ1v) is 7.94. The van der Waals surface area contributed by atoms with Gasteiger partial charge in [-0.2, -0.15) is 0 Å². The third-order valence-electron chi connectivity index (χ3n) is 4.22. The van der Waals surface area contributed by atoms with Crippen LogP contribution in [0.4, 0.5) is 16.3 Å². The highest BCUT2D eigenvalue weighted by molar-refractivity contribution is 6.00. The minimum Gasteiger partial charge on any atom is -0.495 e. The molecule has 5 heteroatoms. The summed E-state index contributed by atoms with van der Waals surface area (Å²) in [4.78, 5) is 16.6. The van der Waals surface area contributed by atoms with E-state index in [0.29, 0.717) is 23.2 Å². The molecule has 23 heavy (non-hydrogen) atoms. The van der Waals surface area contributed by atoms with Gasteiger partial charge in [-0.3, -0.25) is 5.32 Å². The fraction of sp³-hybridized carbons (Fsp3) is 0.333. The summed E-state index contributed by atoms with van der Waals surface area (Å²) in [6.07, 6.45) is 6.51. The molecule has 0 unspecified atom stereocenters. The van der Waals surface area contributed by atoms with Crippen LogP contribution in [0.25, 0.3) is 0 Å². The van der Waals surface area contributed by atoms with Crippen molar-refractivity contribution in [3.05, 3.63) is 48.2 Å². The molecule has 1 aromatic heterocycles. The fourth-order valence-electron chi connectivity index (χ4n) is 3.10. The highest BCUT2D eigenvalue weighted by Gasteiger charge is 2.21. The van der Waals surface area contributed by atoms with Crippen LogP contribution >= 0.6 is 0 Å². The highest BCUT2D eigenvalue weighted by Crippen LogP contribution is 2.36. The Morgan fingerprint density at radius 3 is 2.70 bits per heavy atom. The smallest absolute Gasteiger partial charge is 0.324 e. The van der Waals surface area contributed by atoms with Crippen LogP contribution in [-0.2, 0) is 0 Å². The number of ether oxygens (including phenoxy) is 1. The third-order valence-corrected chi connectivity index (χ3v) is 4.22. The first-order chi connectivity index (χ1) is 11.3. The van der Waals surface area contributed by atoms with Gasteiger partial charge in [0.1, 0.15) is 11.6 Å². The number of rotatable bonds is 4. The molecule has 1 aromatic carbocycles. The Morgan fingerprint density at radius 1 is 1.13 bits per heavy atom. The van der Waals surface area contributed by atoms with Gasteiger partial charge in [-0.05, 0) is 42.5 Å². The molecular weight excluding hydrogens is 290 g/mol. The second kappa shape index (κ2) is 7.13. The number of amides is 2. The normalized spacial score (nSPS) is 14.5. The van der Waals surface area contributed by atoms with E-state index >= 15 is 0 Å². The number of nitrogens with one attached hydrogen (secondary N) is 2. The van der Waals surface area contributed by atoms with Gasteiger partial charge in [0.25, 0.3) is 0 Å². The molecule has 2 aromatic rings. The number of carbonyl (C=O) groups is 1. The molecule has 1 aliphatic rings. The molecule has 0 saturated heterocycles. The van der Waals surface area contributed by atoms with Gasteiger partial charge < -0.3 is 10.1 Å². The van der Waals surface area contributed by atoms with Crippen LogP contribution in [0.1, 0.15) is 37.2 Å². The lowest BCUT2D eigenvalue weighted by molar-refractivity contribution is 0.262. The second-order valence-corrected chi connectivity index (χ2v) is 5.70. The predicted molar refractivity (Wildman–Crippen MR) is 91.1 cm³/mol. The molecule has 2 amide bonds. The highest BCUT2D eigenvalue weighted by atomic mass is 16.5. The first-order valence-electron chi connectivity index (χ1n) is 7.94. The molecule has 2 N–H and O–H groups in total. The van der Waals surface area contributed by atoms with Crippen molar-refractivity contribution in [2.24, 2.45) is 0 Å². The Hall–Kier alpha value is -2.56. The van der Waals surface area contributed by atoms with Crippen LogP contribution in [0.15, 0.2) is 42.6 Å². The zero-order valence-electron chi connectivity index (χ0n) is 13.2. The standard InChI is InChI=1S/C18H21N3O2/c1-23-16-11-5-4-10-15(16)20-18(22)21-17-14(9-6-12-19-17)13-7-2-3-8-13/h4-6,9-13H,2-3,7-8H2,1H3,(H2,19,20,21,22). The maximum Gasteiger partial charge on any atom is 0.324 e. The predicted octanol–water partition coefficient (Wildman–Crippen LogP) is 4.39. The molecule has 1 fully saturated rings. The van der Waals surface area contributed by atoms with Crippen LogP contribution in [-0.4, -0.2) is 18.1 Å². The molecule has 0 atom stereocenters. The summed E-state index contributed by atoms with van der Waals surface area (Å²) in [5.74, 6) is 1.76. The Morgan fingerprint density at radius 2 is 1.91 bits per heavy atom. The molecule has 1 saturated carbocycles. The third kappa shape index (κ3) is 3.62. The lowest BCUT2D eigenvalue weighted by Crippen LogP contribution is -2.21. The average Bonchev–Trinajstić information content (AvgIpc) is 3.10. The van der Waals surface area contributed by atoms with E-state index in [1.807, 2.05) is 18.2 Å². The summed E-state index contributed by atoms with van der Waals surface area (Å²) in [6.45, 7) is 0.